The highest BCUT2D eigenvalue weighted by Gasteiger charge is 2.18. The average molecular weight is 265 g/mol. The summed E-state index contributed by atoms with van der Waals surface area (Å²) in [6.07, 6.45) is 16.3. The number of nitrogens with zero attached hydrogens (tertiary/aromatic N) is 2. The first kappa shape index (κ1) is 16.4. The second-order valence-corrected chi connectivity index (χ2v) is 5.44. The lowest BCUT2D eigenvalue weighted by molar-refractivity contribution is 0.241. The van der Waals surface area contributed by atoms with Crippen LogP contribution in [0.1, 0.15) is 57.8 Å². The van der Waals surface area contributed by atoms with Crippen LogP contribution in [0.3, 0.4) is 0 Å². The molecule has 0 bridgehead atoms. The lowest BCUT2D eigenvalue weighted by atomic mass is 10.1. The molecule has 3 nitrogen and oxygen atoms in total. The van der Waals surface area contributed by atoms with E-state index in [1.807, 2.05) is 12.3 Å². The SMILES string of the molecule is C=CCCCCCCCCCC1N=CCN1CCN. The van der Waals surface area contributed by atoms with Crippen molar-refractivity contribution in [2.45, 2.75) is 64.0 Å². The molecule has 0 aromatic carbocycles. The Balaban J connectivity index is 1.90. The first-order valence-corrected chi connectivity index (χ1v) is 7.95. The van der Waals surface area contributed by atoms with Crippen molar-refractivity contribution in [1.82, 2.24) is 4.90 Å². The van der Waals surface area contributed by atoms with Gasteiger partial charge in [0.05, 0.1) is 0 Å². The molecule has 0 spiro atoms. The molecule has 0 radical (unpaired) electrons. The Morgan fingerprint density at radius 2 is 1.84 bits per heavy atom. The Labute approximate surface area is 119 Å². The van der Waals surface area contributed by atoms with E-state index < -0.39 is 0 Å². The fraction of sp³-hybridized carbons (Fsp3) is 0.812. The van der Waals surface area contributed by atoms with Crippen LogP contribution in [0.15, 0.2) is 17.6 Å². The van der Waals surface area contributed by atoms with Gasteiger partial charge in [0.1, 0.15) is 6.17 Å². The van der Waals surface area contributed by atoms with Crippen molar-refractivity contribution in [3.63, 3.8) is 0 Å². The Morgan fingerprint density at radius 3 is 2.53 bits per heavy atom. The molecule has 1 aliphatic rings. The number of hydrogen-bond donors (Lipinski definition) is 1. The van der Waals surface area contributed by atoms with Gasteiger partial charge in [0, 0.05) is 25.8 Å². The van der Waals surface area contributed by atoms with Crippen molar-refractivity contribution < 1.29 is 0 Å². The quantitative estimate of drug-likeness (QED) is 0.434. The van der Waals surface area contributed by atoms with Crippen molar-refractivity contribution in [3.8, 4) is 0 Å². The van der Waals surface area contributed by atoms with Crippen LogP contribution in [0.4, 0.5) is 0 Å². The van der Waals surface area contributed by atoms with Gasteiger partial charge in [-0.05, 0) is 25.7 Å². The number of nitrogens with two attached hydrogens (primary N) is 1. The van der Waals surface area contributed by atoms with Crippen LogP contribution in [0.2, 0.25) is 0 Å². The van der Waals surface area contributed by atoms with Gasteiger partial charge in [-0.25, -0.2) is 0 Å². The largest absolute Gasteiger partial charge is 0.329 e. The third kappa shape index (κ3) is 7.48. The van der Waals surface area contributed by atoms with E-state index >= 15 is 0 Å². The molecule has 110 valence electrons. The first-order valence-electron chi connectivity index (χ1n) is 7.95. The topological polar surface area (TPSA) is 41.6 Å². The summed E-state index contributed by atoms with van der Waals surface area (Å²) >= 11 is 0. The van der Waals surface area contributed by atoms with E-state index in [1.165, 1.54) is 57.8 Å². The fourth-order valence-corrected chi connectivity index (χ4v) is 2.65. The summed E-state index contributed by atoms with van der Waals surface area (Å²) < 4.78 is 0. The smallest absolute Gasteiger partial charge is 0.102 e. The van der Waals surface area contributed by atoms with Crippen molar-refractivity contribution in [3.05, 3.63) is 12.7 Å². The Hall–Kier alpha value is -0.670. The molecule has 1 rings (SSSR count). The molecule has 2 N–H and O–H groups in total. The number of unbranched alkanes of at least 4 members (excludes halogenated alkanes) is 7. The van der Waals surface area contributed by atoms with Gasteiger partial charge in [-0.3, -0.25) is 9.89 Å². The minimum Gasteiger partial charge on any atom is -0.329 e. The van der Waals surface area contributed by atoms with Crippen LogP contribution >= 0.6 is 0 Å². The van der Waals surface area contributed by atoms with Gasteiger partial charge >= 0.3 is 0 Å². The van der Waals surface area contributed by atoms with E-state index in [9.17, 15) is 0 Å². The van der Waals surface area contributed by atoms with Gasteiger partial charge in [0.2, 0.25) is 0 Å². The van der Waals surface area contributed by atoms with Crippen LogP contribution in [0.5, 0.6) is 0 Å². The van der Waals surface area contributed by atoms with Crippen molar-refractivity contribution in [2.75, 3.05) is 19.6 Å². The molecular weight excluding hydrogens is 234 g/mol. The van der Waals surface area contributed by atoms with Gasteiger partial charge < -0.3 is 5.73 Å². The third-order valence-corrected chi connectivity index (χ3v) is 3.80. The molecule has 0 aromatic heterocycles. The van der Waals surface area contributed by atoms with Gasteiger partial charge in [0.25, 0.3) is 0 Å². The number of rotatable bonds is 12. The summed E-state index contributed by atoms with van der Waals surface area (Å²) in [7, 11) is 0. The average Bonchev–Trinajstić information content (AvgIpc) is 2.85. The summed E-state index contributed by atoms with van der Waals surface area (Å²) in [5.41, 5.74) is 5.61. The lowest BCUT2D eigenvalue weighted by Gasteiger charge is -2.21. The molecule has 0 saturated heterocycles. The highest BCUT2D eigenvalue weighted by Crippen LogP contribution is 2.15. The van der Waals surface area contributed by atoms with E-state index in [4.69, 9.17) is 5.73 Å². The molecule has 1 atom stereocenters. The second kappa shape index (κ2) is 11.2. The molecule has 1 aliphatic heterocycles. The number of hydrogen-bond acceptors (Lipinski definition) is 3. The maximum atomic E-state index is 5.61. The molecule has 1 heterocycles. The van der Waals surface area contributed by atoms with Crippen LogP contribution in [0, 0.1) is 0 Å². The normalized spacial score (nSPS) is 19.1. The monoisotopic (exact) mass is 265 g/mol. The molecule has 0 aliphatic carbocycles. The maximum absolute atomic E-state index is 5.61. The summed E-state index contributed by atoms with van der Waals surface area (Å²) in [4.78, 5) is 6.92. The lowest BCUT2D eigenvalue weighted by Crippen LogP contribution is -2.34. The second-order valence-electron chi connectivity index (χ2n) is 5.44. The molecule has 19 heavy (non-hydrogen) atoms. The third-order valence-electron chi connectivity index (χ3n) is 3.80. The standard InChI is InChI=1S/C16H31N3/c1-2-3-4-5-6-7-8-9-10-11-16-18-13-15-19(16)14-12-17/h2,13,16H,1,3-12,14-15,17H2. The van der Waals surface area contributed by atoms with E-state index in [1.54, 1.807) is 0 Å². The zero-order valence-corrected chi connectivity index (χ0v) is 12.4. The zero-order valence-electron chi connectivity index (χ0n) is 12.4. The minimum atomic E-state index is 0.413. The summed E-state index contributed by atoms with van der Waals surface area (Å²) in [5.74, 6) is 0. The van der Waals surface area contributed by atoms with Crippen molar-refractivity contribution >= 4 is 6.21 Å². The van der Waals surface area contributed by atoms with Crippen LogP contribution in [-0.4, -0.2) is 36.9 Å². The first-order chi connectivity index (χ1) is 9.38. The molecular formula is C16H31N3. The highest BCUT2D eigenvalue weighted by atomic mass is 15.3. The molecule has 0 amide bonds. The van der Waals surface area contributed by atoms with E-state index in [-0.39, 0.29) is 0 Å². The molecule has 1 unspecified atom stereocenters. The minimum absolute atomic E-state index is 0.413. The molecule has 3 heteroatoms. The van der Waals surface area contributed by atoms with Gasteiger partial charge in [0.15, 0.2) is 0 Å². The van der Waals surface area contributed by atoms with Gasteiger partial charge in [-0.15, -0.1) is 6.58 Å². The number of aliphatic imine (C=N–C) groups is 1. The Kier molecular flexibility index (Phi) is 9.64. The predicted octanol–water partition coefficient (Wildman–Crippen LogP) is 3.35. The summed E-state index contributed by atoms with van der Waals surface area (Å²) in [6.45, 7) is 6.46. The molecule has 0 saturated carbocycles. The summed E-state index contributed by atoms with van der Waals surface area (Å²) in [5, 5.41) is 0. The van der Waals surface area contributed by atoms with Gasteiger partial charge in [-0.2, -0.15) is 0 Å². The zero-order chi connectivity index (χ0) is 13.8. The maximum Gasteiger partial charge on any atom is 0.102 e. The van der Waals surface area contributed by atoms with Crippen molar-refractivity contribution in [1.29, 1.82) is 0 Å². The number of allylic oxidation sites excluding steroid dienone is 1. The molecule has 0 fully saturated rings. The van der Waals surface area contributed by atoms with E-state index in [0.717, 1.165) is 19.6 Å². The van der Waals surface area contributed by atoms with E-state index in [0.29, 0.717) is 6.17 Å². The Bertz CT molecular complexity index is 250. The fourth-order valence-electron chi connectivity index (χ4n) is 2.65. The van der Waals surface area contributed by atoms with Crippen LogP contribution in [0.25, 0.3) is 0 Å². The summed E-state index contributed by atoms with van der Waals surface area (Å²) in [6, 6.07) is 0. The van der Waals surface area contributed by atoms with E-state index in [2.05, 4.69) is 16.5 Å². The van der Waals surface area contributed by atoms with Crippen LogP contribution in [-0.2, 0) is 0 Å². The molecule has 0 aromatic rings. The van der Waals surface area contributed by atoms with Crippen LogP contribution < -0.4 is 5.73 Å². The van der Waals surface area contributed by atoms with Gasteiger partial charge in [-0.1, -0.05) is 38.2 Å². The van der Waals surface area contributed by atoms with Crippen molar-refractivity contribution in [2.24, 2.45) is 10.7 Å². The Morgan fingerprint density at radius 1 is 1.16 bits per heavy atom. The highest BCUT2D eigenvalue weighted by molar-refractivity contribution is 5.62. The predicted molar refractivity (Wildman–Crippen MR) is 84.7 cm³/mol.